The van der Waals surface area contributed by atoms with E-state index in [1.54, 1.807) is 13.8 Å². The molecule has 0 fully saturated rings. The molecule has 0 heterocycles. The maximum absolute atomic E-state index is 13.0. The van der Waals surface area contributed by atoms with Crippen molar-refractivity contribution in [2.75, 3.05) is 6.54 Å². The van der Waals surface area contributed by atoms with Crippen LogP contribution < -0.4 is 27.4 Å². The van der Waals surface area contributed by atoms with E-state index in [2.05, 4.69) is 16.0 Å². The van der Waals surface area contributed by atoms with Crippen molar-refractivity contribution in [2.24, 2.45) is 17.4 Å². The van der Waals surface area contributed by atoms with Crippen molar-refractivity contribution in [1.29, 1.82) is 0 Å². The fourth-order valence-electron chi connectivity index (χ4n) is 3.15. The quantitative estimate of drug-likeness (QED) is 0.209. The lowest BCUT2D eigenvalue weighted by atomic mass is 10.0. The average Bonchev–Trinajstić information content (AvgIpc) is 2.76. The number of nitrogens with two attached hydrogens (primary N) is 2. The van der Waals surface area contributed by atoms with Crippen molar-refractivity contribution < 1.29 is 24.3 Å². The zero-order chi connectivity index (χ0) is 25.0. The van der Waals surface area contributed by atoms with Gasteiger partial charge < -0.3 is 32.5 Å². The molecule has 1 aromatic rings. The van der Waals surface area contributed by atoms with E-state index >= 15 is 0 Å². The Morgan fingerprint density at radius 1 is 0.909 bits per heavy atom. The van der Waals surface area contributed by atoms with Gasteiger partial charge in [-0.3, -0.25) is 19.2 Å². The molecule has 0 aliphatic rings. The molecule has 0 saturated heterocycles. The number of unbranched alkanes of at least 4 members (excludes halogenated alkanes) is 1. The Morgan fingerprint density at radius 3 is 2.09 bits per heavy atom. The highest BCUT2D eigenvalue weighted by Gasteiger charge is 2.30. The van der Waals surface area contributed by atoms with Crippen LogP contribution in [-0.2, 0) is 25.6 Å². The monoisotopic (exact) mass is 463 g/mol. The van der Waals surface area contributed by atoms with Gasteiger partial charge in [0.15, 0.2) is 0 Å². The molecule has 0 spiro atoms. The van der Waals surface area contributed by atoms with Crippen LogP contribution in [-0.4, -0.2) is 59.5 Å². The van der Waals surface area contributed by atoms with Crippen LogP contribution in [0.1, 0.15) is 45.6 Å². The van der Waals surface area contributed by atoms with Gasteiger partial charge in [0.05, 0.1) is 6.04 Å². The Morgan fingerprint density at radius 2 is 1.55 bits per heavy atom. The third kappa shape index (κ3) is 10.0. The van der Waals surface area contributed by atoms with Gasteiger partial charge in [-0.25, -0.2) is 0 Å². The lowest BCUT2D eigenvalue weighted by Crippen LogP contribution is -2.58. The Hall–Kier alpha value is -2.98. The highest BCUT2D eigenvalue weighted by Crippen LogP contribution is 2.08. The van der Waals surface area contributed by atoms with E-state index in [0.29, 0.717) is 32.2 Å². The van der Waals surface area contributed by atoms with Gasteiger partial charge in [0, 0.05) is 0 Å². The van der Waals surface area contributed by atoms with E-state index in [0.717, 1.165) is 5.56 Å². The molecule has 1 rings (SSSR count). The molecule has 0 saturated carbocycles. The molecule has 10 nitrogen and oxygen atoms in total. The van der Waals surface area contributed by atoms with E-state index in [9.17, 15) is 19.2 Å². The van der Waals surface area contributed by atoms with Gasteiger partial charge >= 0.3 is 5.97 Å². The molecular weight excluding hydrogens is 426 g/mol. The smallest absolute Gasteiger partial charge is 0.325 e. The number of hydrogen-bond acceptors (Lipinski definition) is 6. The van der Waals surface area contributed by atoms with Gasteiger partial charge in [0.2, 0.25) is 17.7 Å². The molecule has 0 bridgehead atoms. The van der Waals surface area contributed by atoms with E-state index in [1.807, 2.05) is 30.3 Å². The SMILES string of the molecule is CC(NC(=O)C(NC(=O)C(CCCCN)NC(=O)C(N)Cc1ccccc1)C(C)C)C(=O)O. The second-order valence-electron chi connectivity index (χ2n) is 8.44. The van der Waals surface area contributed by atoms with Gasteiger partial charge in [0.1, 0.15) is 18.1 Å². The molecule has 0 radical (unpaired) electrons. The summed E-state index contributed by atoms with van der Waals surface area (Å²) in [6.07, 6.45) is 1.90. The molecule has 33 heavy (non-hydrogen) atoms. The van der Waals surface area contributed by atoms with E-state index in [1.165, 1.54) is 6.92 Å². The second-order valence-corrected chi connectivity index (χ2v) is 8.44. The zero-order valence-corrected chi connectivity index (χ0v) is 19.5. The van der Waals surface area contributed by atoms with Gasteiger partial charge in [-0.1, -0.05) is 44.2 Å². The Labute approximate surface area is 194 Å². The summed E-state index contributed by atoms with van der Waals surface area (Å²) in [5, 5.41) is 16.7. The minimum absolute atomic E-state index is 0.310. The molecule has 184 valence electrons. The van der Waals surface area contributed by atoms with Crippen LogP contribution in [0, 0.1) is 5.92 Å². The number of aliphatic carboxylic acids is 1. The summed E-state index contributed by atoms with van der Waals surface area (Å²) < 4.78 is 0. The van der Waals surface area contributed by atoms with Crippen molar-refractivity contribution >= 4 is 23.7 Å². The van der Waals surface area contributed by atoms with Gasteiger partial charge in [-0.15, -0.1) is 0 Å². The Bertz CT molecular complexity index is 787. The molecule has 0 aliphatic heterocycles. The van der Waals surface area contributed by atoms with E-state index in [4.69, 9.17) is 16.6 Å². The molecule has 4 unspecified atom stereocenters. The van der Waals surface area contributed by atoms with Crippen molar-refractivity contribution in [2.45, 2.75) is 70.6 Å². The number of carboxylic acid groups (broad SMARTS) is 1. The zero-order valence-electron chi connectivity index (χ0n) is 19.5. The predicted molar refractivity (Wildman–Crippen MR) is 125 cm³/mol. The highest BCUT2D eigenvalue weighted by molar-refractivity contribution is 5.94. The molecule has 4 atom stereocenters. The minimum atomic E-state index is -1.18. The lowest BCUT2D eigenvalue weighted by Gasteiger charge is -2.26. The number of nitrogens with one attached hydrogen (secondary N) is 3. The molecule has 8 N–H and O–H groups in total. The number of carboxylic acids is 1. The Balaban J connectivity index is 2.87. The van der Waals surface area contributed by atoms with Crippen LogP contribution in [0.3, 0.4) is 0 Å². The van der Waals surface area contributed by atoms with Gasteiger partial charge in [-0.05, 0) is 50.6 Å². The van der Waals surface area contributed by atoms with Crippen LogP contribution in [0.4, 0.5) is 0 Å². The number of hydrogen-bond donors (Lipinski definition) is 6. The van der Waals surface area contributed by atoms with Crippen LogP contribution in [0.5, 0.6) is 0 Å². The standard InChI is InChI=1S/C23H37N5O5/c1-14(2)19(22(31)26-15(3)23(32)33)28-21(30)18(11-7-8-12-24)27-20(29)17(25)13-16-9-5-4-6-10-16/h4-6,9-10,14-15,17-19H,7-8,11-13,24-25H2,1-3H3,(H,26,31)(H,27,29)(H,28,30)(H,32,33). The largest absolute Gasteiger partial charge is 0.480 e. The molecule has 10 heteroatoms. The van der Waals surface area contributed by atoms with E-state index in [-0.39, 0.29) is 5.92 Å². The molecule has 0 aliphatic carbocycles. The summed E-state index contributed by atoms with van der Waals surface area (Å²) in [7, 11) is 0. The van der Waals surface area contributed by atoms with Crippen LogP contribution in [0.15, 0.2) is 30.3 Å². The van der Waals surface area contributed by atoms with E-state index < -0.39 is 47.9 Å². The van der Waals surface area contributed by atoms with Crippen molar-refractivity contribution in [1.82, 2.24) is 16.0 Å². The molecular formula is C23H37N5O5. The summed E-state index contributed by atoms with van der Waals surface area (Å²) in [4.78, 5) is 49.3. The third-order valence-electron chi connectivity index (χ3n) is 5.19. The molecule has 1 aromatic carbocycles. The average molecular weight is 464 g/mol. The van der Waals surface area contributed by atoms with Gasteiger partial charge in [0.25, 0.3) is 0 Å². The van der Waals surface area contributed by atoms with Crippen molar-refractivity contribution in [3.05, 3.63) is 35.9 Å². The fourth-order valence-corrected chi connectivity index (χ4v) is 3.15. The summed E-state index contributed by atoms with van der Waals surface area (Å²) in [5.41, 5.74) is 12.5. The number of rotatable bonds is 14. The third-order valence-corrected chi connectivity index (χ3v) is 5.19. The normalized spacial score (nSPS) is 14.6. The van der Waals surface area contributed by atoms with Crippen LogP contribution in [0.2, 0.25) is 0 Å². The number of carbonyl (C=O) groups excluding carboxylic acids is 3. The fraction of sp³-hybridized carbons (Fsp3) is 0.565. The summed E-state index contributed by atoms with van der Waals surface area (Å²) in [6, 6.07) is 5.47. The molecule has 3 amide bonds. The van der Waals surface area contributed by atoms with Crippen LogP contribution >= 0.6 is 0 Å². The minimum Gasteiger partial charge on any atom is -0.480 e. The van der Waals surface area contributed by atoms with Gasteiger partial charge in [-0.2, -0.15) is 0 Å². The maximum atomic E-state index is 13.0. The first-order valence-electron chi connectivity index (χ1n) is 11.2. The summed E-state index contributed by atoms with van der Waals surface area (Å²) in [5.74, 6) is -3.12. The molecule has 0 aromatic heterocycles. The van der Waals surface area contributed by atoms with Crippen molar-refractivity contribution in [3.8, 4) is 0 Å². The first kappa shape index (κ1) is 28.1. The number of carbonyl (C=O) groups is 4. The van der Waals surface area contributed by atoms with Crippen LogP contribution in [0.25, 0.3) is 0 Å². The lowest BCUT2D eigenvalue weighted by molar-refractivity contribution is -0.142. The summed E-state index contributed by atoms with van der Waals surface area (Å²) >= 11 is 0. The highest BCUT2D eigenvalue weighted by atomic mass is 16.4. The van der Waals surface area contributed by atoms with Crippen molar-refractivity contribution in [3.63, 3.8) is 0 Å². The summed E-state index contributed by atoms with van der Waals surface area (Å²) in [6.45, 7) is 5.24. The number of benzene rings is 1. The first-order valence-corrected chi connectivity index (χ1v) is 11.2. The second kappa shape index (κ2) is 14.2. The Kier molecular flexibility index (Phi) is 12.1. The predicted octanol–water partition coefficient (Wildman–Crippen LogP) is -0.0997. The number of amides is 3. The topological polar surface area (TPSA) is 177 Å². The first-order chi connectivity index (χ1) is 15.6. The maximum Gasteiger partial charge on any atom is 0.325 e.